The van der Waals surface area contributed by atoms with Crippen molar-refractivity contribution in [2.24, 2.45) is 0 Å². The van der Waals surface area contributed by atoms with Crippen molar-refractivity contribution in [3.05, 3.63) is 56.9 Å². The number of Topliss-reactive ketones (excluding diaryl/α,β-unsaturated/α-hetero) is 1. The quantitative estimate of drug-likeness (QED) is 0.382. The number of aryl methyl sites for hydroxylation is 3. The number of aromatic nitrogens is 1. The largest absolute Gasteiger partial charge is 0.450 e. The number of fused-ring (bicyclic) bond motifs is 2. The number of carbonyl (C=O) groups is 2. The van der Waals surface area contributed by atoms with Crippen molar-refractivity contribution in [3.8, 4) is 0 Å². The predicted molar refractivity (Wildman–Crippen MR) is 108 cm³/mol. The summed E-state index contributed by atoms with van der Waals surface area (Å²) in [5.41, 5.74) is 3.59. The van der Waals surface area contributed by atoms with E-state index in [9.17, 15) is 9.59 Å². The Morgan fingerprint density at radius 2 is 1.93 bits per heavy atom. The first kappa shape index (κ1) is 18.0. The molecule has 2 heterocycles. The Hall–Kier alpha value is -2.40. The van der Waals surface area contributed by atoms with Crippen LogP contribution in [-0.2, 0) is 17.6 Å². The van der Waals surface area contributed by atoms with E-state index in [1.165, 1.54) is 41.0 Å². The number of thiophene rings is 1. The fraction of sp³-hybridized carbons (Fsp3) is 0.364. The molecule has 0 radical (unpaired) electrons. The van der Waals surface area contributed by atoms with E-state index in [-0.39, 0.29) is 5.78 Å². The van der Waals surface area contributed by atoms with Crippen LogP contribution in [0.4, 0.5) is 0 Å². The summed E-state index contributed by atoms with van der Waals surface area (Å²) in [6.45, 7) is 3.53. The second kappa shape index (κ2) is 7.31. The van der Waals surface area contributed by atoms with Gasteiger partial charge in [0.2, 0.25) is 5.78 Å². The van der Waals surface area contributed by atoms with Gasteiger partial charge >= 0.3 is 5.97 Å². The van der Waals surface area contributed by atoms with Crippen molar-refractivity contribution in [2.45, 2.75) is 52.1 Å². The Bertz CT molecular complexity index is 990. The smallest absolute Gasteiger partial charge is 0.349 e. The summed E-state index contributed by atoms with van der Waals surface area (Å²) in [6, 6.07) is 9.64. The minimum Gasteiger partial charge on any atom is -0.450 e. The van der Waals surface area contributed by atoms with E-state index in [4.69, 9.17) is 4.74 Å². The van der Waals surface area contributed by atoms with Gasteiger partial charge < -0.3 is 9.72 Å². The molecule has 0 aliphatic heterocycles. The van der Waals surface area contributed by atoms with Gasteiger partial charge in [0.1, 0.15) is 4.88 Å². The van der Waals surface area contributed by atoms with Crippen LogP contribution in [0.3, 0.4) is 0 Å². The number of para-hydroxylation sites is 1. The summed E-state index contributed by atoms with van der Waals surface area (Å²) >= 11 is 1.52. The molecule has 27 heavy (non-hydrogen) atoms. The average molecular weight is 381 g/mol. The van der Waals surface area contributed by atoms with Crippen LogP contribution in [0, 0.1) is 6.92 Å². The first-order valence-corrected chi connectivity index (χ1v) is 10.3. The van der Waals surface area contributed by atoms with Gasteiger partial charge in [-0.25, -0.2) is 4.79 Å². The molecule has 4 nitrogen and oxygen atoms in total. The van der Waals surface area contributed by atoms with E-state index in [0.29, 0.717) is 10.4 Å². The SMILES string of the molecule is Cc1[nH]c2ccccc2c1C(=O)[C@@H](C)OC(=O)c1cc2c(s1)CCCCC2. The molecule has 0 unspecified atom stereocenters. The van der Waals surface area contributed by atoms with Crippen LogP contribution in [0.25, 0.3) is 10.9 Å². The van der Waals surface area contributed by atoms with Crippen LogP contribution >= 0.6 is 11.3 Å². The molecule has 1 aliphatic carbocycles. The number of benzene rings is 1. The topological polar surface area (TPSA) is 59.2 Å². The Morgan fingerprint density at radius 1 is 1.15 bits per heavy atom. The van der Waals surface area contributed by atoms with Crippen LogP contribution in [-0.4, -0.2) is 22.8 Å². The fourth-order valence-electron chi connectivity index (χ4n) is 3.84. The number of ether oxygens (including phenoxy) is 1. The summed E-state index contributed by atoms with van der Waals surface area (Å²) < 4.78 is 5.54. The molecular weight excluding hydrogens is 358 g/mol. The number of nitrogens with one attached hydrogen (secondary N) is 1. The first-order chi connectivity index (χ1) is 13.0. The number of H-pyrrole nitrogens is 1. The monoisotopic (exact) mass is 381 g/mol. The minimum absolute atomic E-state index is 0.170. The molecule has 3 aromatic rings. The van der Waals surface area contributed by atoms with Gasteiger partial charge in [0.15, 0.2) is 6.10 Å². The van der Waals surface area contributed by atoms with Crippen molar-refractivity contribution in [2.75, 3.05) is 0 Å². The highest BCUT2D eigenvalue weighted by atomic mass is 32.1. The zero-order valence-corrected chi connectivity index (χ0v) is 16.4. The van der Waals surface area contributed by atoms with Gasteiger partial charge in [-0.1, -0.05) is 24.6 Å². The molecule has 1 atom stereocenters. The highest BCUT2D eigenvalue weighted by Crippen LogP contribution is 2.30. The average Bonchev–Trinajstić information content (AvgIpc) is 3.13. The second-order valence-corrected chi connectivity index (χ2v) is 8.34. The Labute approximate surface area is 162 Å². The van der Waals surface area contributed by atoms with Crippen molar-refractivity contribution >= 4 is 34.0 Å². The van der Waals surface area contributed by atoms with Crippen molar-refractivity contribution in [1.29, 1.82) is 0 Å². The third-order valence-electron chi connectivity index (χ3n) is 5.24. The maximum absolute atomic E-state index is 13.0. The van der Waals surface area contributed by atoms with Crippen LogP contribution in [0.5, 0.6) is 0 Å². The Morgan fingerprint density at radius 3 is 2.78 bits per heavy atom. The predicted octanol–water partition coefficient (Wildman–Crippen LogP) is 5.23. The number of aromatic amines is 1. The maximum atomic E-state index is 13.0. The maximum Gasteiger partial charge on any atom is 0.349 e. The van der Waals surface area contributed by atoms with Gasteiger partial charge in [-0.05, 0) is 57.2 Å². The van der Waals surface area contributed by atoms with Gasteiger partial charge in [0.25, 0.3) is 0 Å². The summed E-state index contributed by atoms with van der Waals surface area (Å²) in [7, 11) is 0. The summed E-state index contributed by atoms with van der Waals surface area (Å²) in [4.78, 5) is 30.7. The lowest BCUT2D eigenvalue weighted by molar-refractivity contribution is 0.0324. The molecule has 0 saturated carbocycles. The molecule has 1 aliphatic rings. The van der Waals surface area contributed by atoms with E-state index >= 15 is 0 Å². The number of hydrogen-bond acceptors (Lipinski definition) is 4. The molecule has 0 spiro atoms. The Kier molecular flexibility index (Phi) is 4.87. The van der Waals surface area contributed by atoms with Crippen LogP contribution in [0.1, 0.15) is 62.4 Å². The molecule has 1 N–H and O–H groups in total. The number of ketones is 1. The van der Waals surface area contributed by atoms with Crippen LogP contribution in [0.2, 0.25) is 0 Å². The third-order valence-corrected chi connectivity index (χ3v) is 6.46. The summed E-state index contributed by atoms with van der Waals surface area (Å²) in [5.74, 6) is -0.567. The molecule has 0 fully saturated rings. The van der Waals surface area contributed by atoms with E-state index in [1.54, 1.807) is 6.92 Å². The van der Waals surface area contributed by atoms with Gasteiger partial charge in [0, 0.05) is 27.0 Å². The van der Waals surface area contributed by atoms with Gasteiger partial charge in [-0.3, -0.25) is 4.79 Å². The summed E-state index contributed by atoms with van der Waals surface area (Å²) in [6.07, 6.45) is 4.84. The van der Waals surface area contributed by atoms with Gasteiger partial charge in [0.05, 0.1) is 0 Å². The van der Waals surface area contributed by atoms with E-state index in [2.05, 4.69) is 4.98 Å². The zero-order chi connectivity index (χ0) is 19.0. The molecule has 2 aromatic heterocycles. The lowest BCUT2D eigenvalue weighted by atomic mass is 10.0. The van der Waals surface area contributed by atoms with E-state index in [1.807, 2.05) is 37.3 Å². The summed E-state index contributed by atoms with van der Waals surface area (Å²) in [5, 5.41) is 0.866. The Balaban J connectivity index is 1.53. The number of esters is 1. The molecule has 4 rings (SSSR count). The first-order valence-electron chi connectivity index (χ1n) is 9.48. The molecule has 0 amide bonds. The standard InChI is InChI=1S/C22H23NO3S/c1-13-20(16-9-6-7-10-17(16)23-13)21(24)14(2)26-22(25)19-12-15-8-4-3-5-11-18(15)27-19/h6-7,9-10,12,14,23H,3-5,8,11H2,1-2H3/t14-/m1/s1. The van der Waals surface area contributed by atoms with Crippen molar-refractivity contribution < 1.29 is 14.3 Å². The molecular formula is C22H23NO3S. The number of hydrogen-bond donors (Lipinski definition) is 1. The van der Waals surface area contributed by atoms with Crippen LogP contribution < -0.4 is 0 Å². The molecule has 140 valence electrons. The fourth-order valence-corrected chi connectivity index (χ4v) is 4.97. The number of rotatable bonds is 4. The van der Waals surface area contributed by atoms with Crippen molar-refractivity contribution in [1.82, 2.24) is 4.98 Å². The molecule has 0 saturated heterocycles. The van der Waals surface area contributed by atoms with Gasteiger partial charge in [-0.2, -0.15) is 0 Å². The molecule has 1 aromatic carbocycles. The van der Waals surface area contributed by atoms with Crippen molar-refractivity contribution in [3.63, 3.8) is 0 Å². The normalized spacial score (nSPS) is 15.2. The highest BCUT2D eigenvalue weighted by Gasteiger charge is 2.26. The minimum atomic E-state index is -0.822. The third kappa shape index (κ3) is 3.44. The second-order valence-electron chi connectivity index (χ2n) is 7.20. The molecule has 5 heteroatoms. The zero-order valence-electron chi connectivity index (χ0n) is 15.6. The lowest BCUT2D eigenvalue weighted by Gasteiger charge is -2.12. The van der Waals surface area contributed by atoms with E-state index in [0.717, 1.165) is 29.4 Å². The number of carbonyl (C=O) groups excluding carboxylic acids is 2. The highest BCUT2D eigenvalue weighted by molar-refractivity contribution is 7.14. The molecule has 0 bridgehead atoms. The van der Waals surface area contributed by atoms with E-state index < -0.39 is 12.1 Å². The van der Waals surface area contributed by atoms with Crippen LogP contribution in [0.15, 0.2) is 30.3 Å². The van der Waals surface area contributed by atoms with Gasteiger partial charge in [-0.15, -0.1) is 11.3 Å². The lowest BCUT2D eigenvalue weighted by Crippen LogP contribution is -2.24.